The van der Waals surface area contributed by atoms with E-state index >= 15 is 0 Å². The molecule has 1 aromatic heterocycles. The zero-order chi connectivity index (χ0) is 12.2. The van der Waals surface area contributed by atoms with Gasteiger partial charge in [-0.25, -0.2) is 4.98 Å². The highest BCUT2D eigenvalue weighted by Crippen LogP contribution is 2.36. The highest BCUT2D eigenvalue weighted by atomic mass is 16.5. The Morgan fingerprint density at radius 1 is 1.00 bits per heavy atom. The summed E-state index contributed by atoms with van der Waals surface area (Å²) in [4.78, 5) is 8.94. The van der Waals surface area contributed by atoms with Gasteiger partial charge in [0.05, 0.1) is 0 Å². The van der Waals surface area contributed by atoms with E-state index in [0.29, 0.717) is 12.0 Å². The van der Waals surface area contributed by atoms with Crippen LogP contribution in [0.1, 0.15) is 50.1 Å². The molecule has 0 bridgehead atoms. The van der Waals surface area contributed by atoms with E-state index in [1.807, 2.05) is 0 Å². The second kappa shape index (κ2) is 5.65. The minimum Gasteiger partial charge on any atom is -0.473 e. The van der Waals surface area contributed by atoms with E-state index in [4.69, 9.17) is 4.74 Å². The minimum atomic E-state index is 0.308. The molecule has 0 amide bonds. The first-order valence-corrected chi connectivity index (χ1v) is 7.12. The fourth-order valence-corrected chi connectivity index (χ4v) is 2.98. The number of rotatable bonds is 3. The fourth-order valence-electron chi connectivity index (χ4n) is 2.98. The molecule has 1 aliphatic heterocycles. The highest BCUT2D eigenvalue weighted by molar-refractivity contribution is 5.23. The first-order chi connectivity index (χ1) is 8.93. The number of aromatic nitrogens is 2. The molecule has 1 N–H and O–H groups in total. The lowest BCUT2D eigenvalue weighted by molar-refractivity contribution is 0.152. The summed E-state index contributed by atoms with van der Waals surface area (Å²) in [6.07, 6.45) is 11.1. The Balaban J connectivity index is 1.73. The van der Waals surface area contributed by atoms with E-state index in [2.05, 4.69) is 15.3 Å². The van der Waals surface area contributed by atoms with Gasteiger partial charge in [0.1, 0.15) is 11.8 Å². The molecule has 2 fully saturated rings. The molecule has 1 aromatic rings. The average molecular weight is 247 g/mol. The van der Waals surface area contributed by atoms with Crippen LogP contribution < -0.4 is 10.1 Å². The maximum atomic E-state index is 6.09. The minimum absolute atomic E-state index is 0.308. The predicted octanol–water partition coefficient (Wildman–Crippen LogP) is 2.27. The summed E-state index contributed by atoms with van der Waals surface area (Å²) in [7, 11) is 0. The van der Waals surface area contributed by atoms with Crippen molar-refractivity contribution in [3.05, 3.63) is 18.1 Å². The summed E-state index contributed by atoms with van der Waals surface area (Å²) < 4.78 is 6.09. The number of hydrogen-bond donors (Lipinski definition) is 1. The smallest absolute Gasteiger partial charge is 0.236 e. The van der Waals surface area contributed by atoms with Gasteiger partial charge < -0.3 is 10.1 Å². The molecule has 0 spiro atoms. The van der Waals surface area contributed by atoms with E-state index in [9.17, 15) is 0 Å². The molecule has 18 heavy (non-hydrogen) atoms. The molecule has 0 atom stereocenters. The molecule has 1 saturated carbocycles. The number of hydrogen-bond acceptors (Lipinski definition) is 4. The molecule has 2 heterocycles. The summed E-state index contributed by atoms with van der Waals surface area (Å²) >= 11 is 0. The third kappa shape index (κ3) is 2.64. The maximum absolute atomic E-state index is 6.09. The van der Waals surface area contributed by atoms with Crippen molar-refractivity contribution in [2.45, 2.75) is 50.5 Å². The normalized spacial score (nSPS) is 22.2. The molecular formula is C14H21N3O. The Hall–Kier alpha value is -1.16. The fraction of sp³-hybridized carbons (Fsp3) is 0.714. The lowest BCUT2D eigenvalue weighted by atomic mass is 10.0. The lowest BCUT2D eigenvalue weighted by Gasteiger charge is -2.24. The van der Waals surface area contributed by atoms with Crippen LogP contribution in [0.2, 0.25) is 0 Å². The van der Waals surface area contributed by atoms with Gasteiger partial charge in [0.25, 0.3) is 0 Å². The van der Waals surface area contributed by atoms with Gasteiger partial charge in [-0.2, -0.15) is 0 Å². The molecule has 0 unspecified atom stereocenters. The van der Waals surface area contributed by atoms with Gasteiger partial charge in [-0.3, -0.25) is 4.98 Å². The van der Waals surface area contributed by atoms with Crippen molar-refractivity contribution in [2.24, 2.45) is 0 Å². The van der Waals surface area contributed by atoms with Crippen LogP contribution in [0, 0.1) is 0 Å². The Bertz CT molecular complexity index is 384. The summed E-state index contributed by atoms with van der Waals surface area (Å²) in [5.41, 5.74) is 1.09. The molecule has 0 radical (unpaired) electrons. The quantitative estimate of drug-likeness (QED) is 0.890. The highest BCUT2D eigenvalue weighted by Gasteiger charge is 2.24. The van der Waals surface area contributed by atoms with Gasteiger partial charge in [0.2, 0.25) is 5.88 Å². The molecule has 0 aromatic carbocycles. The van der Waals surface area contributed by atoms with Gasteiger partial charge in [-0.1, -0.05) is 12.8 Å². The second-order valence-electron chi connectivity index (χ2n) is 5.30. The van der Waals surface area contributed by atoms with Crippen LogP contribution in [0.4, 0.5) is 0 Å². The van der Waals surface area contributed by atoms with E-state index in [1.165, 1.54) is 25.7 Å². The van der Waals surface area contributed by atoms with Crippen molar-refractivity contribution in [2.75, 3.05) is 13.1 Å². The lowest BCUT2D eigenvalue weighted by Crippen LogP contribution is -2.34. The third-order valence-electron chi connectivity index (χ3n) is 4.00. The Labute approximate surface area is 108 Å². The van der Waals surface area contributed by atoms with Crippen molar-refractivity contribution >= 4 is 0 Å². The summed E-state index contributed by atoms with van der Waals surface area (Å²) in [5, 5.41) is 3.35. The average Bonchev–Trinajstić information content (AvgIpc) is 2.94. The Morgan fingerprint density at radius 2 is 1.72 bits per heavy atom. The van der Waals surface area contributed by atoms with Crippen LogP contribution in [0.25, 0.3) is 0 Å². The van der Waals surface area contributed by atoms with E-state index in [1.54, 1.807) is 12.4 Å². The zero-order valence-electron chi connectivity index (χ0n) is 10.8. The first-order valence-electron chi connectivity index (χ1n) is 7.12. The molecule has 4 nitrogen and oxygen atoms in total. The molecule has 1 saturated heterocycles. The number of nitrogens with zero attached hydrogens (tertiary/aromatic N) is 2. The van der Waals surface area contributed by atoms with Crippen molar-refractivity contribution in [1.29, 1.82) is 0 Å². The topological polar surface area (TPSA) is 47.0 Å². The van der Waals surface area contributed by atoms with Crippen LogP contribution in [0.15, 0.2) is 12.4 Å². The first kappa shape index (κ1) is 11.9. The van der Waals surface area contributed by atoms with E-state index in [0.717, 1.165) is 37.5 Å². The second-order valence-corrected chi connectivity index (χ2v) is 5.30. The molecule has 3 rings (SSSR count). The van der Waals surface area contributed by atoms with E-state index in [-0.39, 0.29) is 0 Å². The van der Waals surface area contributed by atoms with Gasteiger partial charge in [0, 0.05) is 18.3 Å². The number of piperidine rings is 1. The van der Waals surface area contributed by atoms with Crippen molar-refractivity contribution in [3.8, 4) is 5.88 Å². The van der Waals surface area contributed by atoms with Gasteiger partial charge >= 0.3 is 0 Å². The molecule has 98 valence electrons. The molecule has 2 aliphatic rings. The number of nitrogens with one attached hydrogen (secondary N) is 1. The number of ether oxygens (including phenoxy) is 1. The van der Waals surface area contributed by atoms with Crippen LogP contribution in [0.3, 0.4) is 0 Å². The summed E-state index contributed by atoms with van der Waals surface area (Å²) in [5.74, 6) is 1.35. The van der Waals surface area contributed by atoms with Gasteiger partial charge in [-0.05, 0) is 38.8 Å². The largest absolute Gasteiger partial charge is 0.473 e. The Morgan fingerprint density at radius 3 is 2.50 bits per heavy atom. The summed E-state index contributed by atoms with van der Waals surface area (Å²) in [6.45, 7) is 2.09. The van der Waals surface area contributed by atoms with Crippen molar-refractivity contribution in [3.63, 3.8) is 0 Å². The van der Waals surface area contributed by atoms with Crippen LogP contribution in [-0.4, -0.2) is 29.2 Å². The molecule has 4 heteroatoms. The van der Waals surface area contributed by atoms with Crippen LogP contribution >= 0.6 is 0 Å². The SMILES string of the molecule is c1cnc(C2CCCC2)c(OC2CCNCC2)n1. The van der Waals surface area contributed by atoms with Crippen LogP contribution in [0.5, 0.6) is 5.88 Å². The molecular weight excluding hydrogens is 226 g/mol. The monoisotopic (exact) mass is 247 g/mol. The van der Waals surface area contributed by atoms with Crippen molar-refractivity contribution in [1.82, 2.24) is 15.3 Å². The standard InChI is InChI=1S/C14H21N3O/c1-2-4-11(3-1)13-14(17-10-9-16-13)18-12-5-7-15-8-6-12/h9-12,15H,1-8H2. The van der Waals surface area contributed by atoms with Crippen LogP contribution in [-0.2, 0) is 0 Å². The zero-order valence-corrected chi connectivity index (χ0v) is 10.8. The van der Waals surface area contributed by atoms with Gasteiger partial charge in [-0.15, -0.1) is 0 Å². The van der Waals surface area contributed by atoms with Gasteiger partial charge in [0.15, 0.2) is 0 Å². The molecule has 1 aliphatic carbocycles. The van der Waals surface area contributed by atoms with Crippen molar-refractivity contribution < 1.29 is 4.74 Å². The maximum Gasteiger partial charge on any atom is 0.236 e. The van der Waals surface area contributed by atoms with E-state index < -0.39 is 0 Å². The summed E-state index contributed by atoms with van der Waals surface area (Å²) in [6, 6.07) is 0. The predicted molar refractivity (Wildman–Crippen MR) is 69.8 cm³/mol. The third-order valence-corrected chi connectivity index (χ3v) is 4.00. The Kier molecular flexibility index (Phi) is 3.74.